The SMILES string of the molecule is CCCCCCOc1ccccc1C1(C)Nc2ccccc2C(=O)N1CC1CCCO1. The van der Waals surface area contributed by atoms with Crippen LogP contribution in [0.25, 0.3) is 0 Å². The lowest BCUT2D eigenvalue weighted by atomic mass is 9.92. The summed E-state index contributed by atoms with van der Waals surface area (Å²) in [6.45, 7) is 6.30. The third kappa shape index (κ3) is 4.57. The van der Waals surface area contributed by atoms with Gasteiger partial charge < -0.3 is 19.7 Å². The molecule has 0 saturated carbocycles. The predicted molar refractivity (Wildman–Crippen MR) is 124 cm³/mol. The Bertz CT molecular complexity index is 894. The van der Waals surface area contributed by atoms with Crippen LogP contribution in [-0.4, -0.2) is 36.7 Å². The molecule has 5 heteroatoms. The Hall–Kier alpha value is -2.53. The molecule has 1 amide bonds. The van der Waals surface area contributed by atoms with Crippen molar-refractivity contribution in [1.29, 1.82) is 0 Å². The number of nitrogens with zero attached hydrogens (tertiary/aromatic N) is 1. The Kier molecular flexibility index (Phi) is 6.81. The first-order valence-electron chi connectivity index (χ1n) is 11.7. The van der Waals surface area contributed by atoms with E-state index in [0.717, 1.165) is 42.9 Å². The number of unbranched alkanes of at least 4 members (excludes halogenated alkanes) is 3. The molecule has 2 aromatic carbocycles. The van der Waals surface area contributed by atoms with Crippen molar-refractivity contribution in [2.75, 3.05) is 25.1 Å². The zero-order valence-electron chi connectivity index (χ0n) is 18.7. The van der Waals surface area contributed by atoms with E-state index in [1.807, 2.05) is 47.4 Å². The van der Waals surface area contributed by atoms with Gasteiger partial charge in [0.25, 0.3) is 5.91 Å². The number of carbonyl (C=O) groups is 1. The summed E-state index contributed by atoms with van der Waals surface area (Å²) in [6, 6.07) is 15.8. The topological polar surface area (TPSA) is 50.8 Å². The molecule has 5 nitrogen and oxygen atoms in total. The molecule has 0 radical (unpaired) electrons. The minimum Gasteiger partial charge on any atom is -0.493 e. The first kappa shape index (κ1) is 21.7. The molecule has 2 aromatic rings. The van der Waals surface area contributed by atoms with E-state index in [1.54, 1.807) is 0 Å². The Labute approximate surface area is 185 Å². The van der Waals surface area contributed by atoms with Crippen LogP contribution in [0.3, 0.4) is 0 Å². The minimum absolute atomic E-state index is 0.0325. The molecule has 0 aromatic heterocycles. The lowest BCUT2D eigenvalue weighted by Gasteiger charge is -2.47. The number of carbonyl (C=O) groups excluding carboxylic acids is 1. The van der Waals surface area contributed by atoms with Crippen LogP contribution in [0.2, 0.25) is 0 Å². The van der Waals surface area contributed by atoms with Gasteiger partial charge in [0.05, 0.1) is 18.3 Å². The van der Waals surface area contributed by atoms with Crippen molar-refractivity contribution in [2.24, 2.45) is 0 Å². The summed E-state index contributed by atoms with van der Waals surface area (Å²) in [4.78, 5) is 15.6. The van der Waals surface area contributed by atoms with E-state index < -0.39 is 5.66 Å². The van der Waals surface area contributed by atoms with Crippen LogP contribution in [0.4, 0.5) is 5.69 Å². The average molecular weight is 423 g/mol. The van der Waals surface area contributed by atoms with E-state index in [4.69, 9.17) is 9.47 Å². The van der Waals surface area contributed by atoms with E-state index in [-0.39, 0.29) is 12.0 Å². The highest BCUT2D eigenvalue weighted by Crippen LogP contribution is 2.41. The highest BCUT2D eigenvalue weighted by molar-refractivity contribution is 6.02. The summed E-state index contributed by atoms with van der Waals surface area (Å²) in [5.74, 6) is 0.864. The summed E-state index contributed by atoms with van der Waals surface area (Å²) in [5.41, 5.74) is 1.82. The van der Waals surface area contributed by atoms with Crippen molar-refractivity contribution in [3.63, 3.8) is 0 Å². The van der Waals surface area contributed by atoms with Crippen molar-refractivity contribution in [1.82, 2.24) is 4.90 Å². The number of para-hydroxylation sites is 2. The lowest BCUT2D eigenvalue weighted by molar-refractivity contribution is 0.0236. The van der Waals surface area contributed by atoms with Crippen LogP contribution in [-0.2, 0) is 10.4 Å². The molecule has 166 valence electrons. The van der Waals surface area contributed by atoms with Crippen LogP contribution in [0.5, 0.6) is 5.75 Å². The Morgan fingerprint density at radius 1 is 1.13 bits per heavy atom. The van der Waals surface area contributed by atoms with Gasteiger partial charge in [0.1, 0.15) is 11.4 Å². The monoisotopic (exact) mass is 422 g/mol. The van der Waals surface area contributed by atoms with Crippen molar-refractivity contribution in [3.05, 3.63) is 59.7 Å². The molecule has 2 unspecified atom stereocenters. The maximum Gasteiger partial charge on any atom is 0.258 e. The summed E-state index contributed by atoms with van der Waals surface area (Å²) < 4.78 is 12.1. The van der Waals surface area contributed by atoms with Crippen LogP contribution in [0.1, 0.15) is 68.3 Å². The number of ether oxygens (including phenoxy) is 2. The van der Waals surface area contributed by atoms with Gasteiger partial charge in [-0.25, -0.2) is 0 Å². The van der Waals surface area contributed by atoms with Gasteiger partial charge in [0.15, 0.2) is 0 Å². The van der Waals surface area contributed by atoms with Gasteiger partial charge in [-0.15, -0.1) is 0 Å². The van der Waals surface area contributed by atoms with Crippen molar-refractivity contribution >= 4 is 11.6 Å². The van der Waals surface area contributed by atoms with Gasteiger partial charge >= 0.3 is 0 Å². The van der Waals surface area contributed by atoms with Crippen molar-refractivity contribution in [3.8, 4) is 5.75 Å². The summed E-state index contributed by atoms with van der Waals surface area (Å²) >= 11 is 0. The highest BCUT2D eigenvalue weighted by Gasteiger charge is 2.45. The lowest BCUT2D eigenvalue weighted by Crippen LogP contribution is -2.57. The van der Waals surface area contributed by atoms with Crippen LogP contribution in [0.15, 0.2) is 48.5 Å². The van der Waals surface area contributed by atoms with E-state index in [1.165, 1.54) is 19.3 Å². The van der Waals surface area contributed by atoms with E-state index >= 15 is 0 Å². The molecule has 0 spiro atoms. The molecule has 2 aliphatic heterocycles. The highest BCUT2D eigenvalue weighted by atomic mass is 16.5. The number of anilines is 1. The fourth-order valence-corrected chi connectivity index (χ4v) is 4.63. The van der Waals surface area contributed by atoms with Gasteiger partial charge in [-0.1, -0.05) is 56.5 Å². The number of amides is 1. The maximum atomic E-state index is 13.6. The Morgan fingerprint density at radius 2 is 1.94 bits per heavy atom. The predicted octanol–water partition coefficient (Wildman–Crippen LogP) is 5.57. The van der Waals surface area contributed by atoms with Crippen LogP contribution in [0, 0.1) is 0 Å². The average Bonchev–Trinajstić information content (AvgIpc) is 3.30. The van der Waals surface area contributed by atoms with Gasteiger partial charge in [-0.05, 0) is 44.4 Å². The molecule has 1 fully saturated rings. The summed E-state index contributed by atoms with van der Waals surface area (Å²) in [6.07, 6.45) is 6.74. The van der Waals surface area contributed by atoms with Crippen LogP contribution >= 0.6 is 0 Å². The van der Waals surface area contributed by atoms with Gasteiger partial charge in [-0.2, -0.15) is 0 Å². The Morgan fingerprint density at radius 3 is 2.74 bits per heavy atom. The molecule has 2 aliphatic rings. The second kappa shape index (κ2) is 9.73. The number of hydrogen-bond acceptors (Lipinski definition) is 4. The standard InChI is InChI=1S/C26H34N2O3/c1-3-4-5-10-17-31-24-16-9-7-14-22(24)26(2)27-23-15-8-6-13-21(23)25(29)28(26)19-20-12-11-18-30-20/h6-9,13-16,20,27H,3-5,10-12,17-19H2,1-2H3. The van der Waals surface area contributed by atoms with E-state index in [0.29, 0.717) is 18.7 Å². The molecule has 4 rings (SSSR count). The van der Waals surface area contributed by atoms with E-state index in [2.05, 4.69) is 25.2 Å². The number of rotatable bonds is 9. The first-order valence-corrected chi connectivity index (χ1v) is 11.7. The zero-order chi connectivity index (χ0) is 21.7. The Balaban J connectivity index is 1.66. The molecule has 1 saturated heterocycles. The van der Waals surface area contributed by atoms with Gasteiger partial charge in [0, 0.05) is 24.4 Å². The quantitative estimate of drug-likeness (QED) is 0.537. The largest absolute Gasteiger partial charge is 0.493 e. The molecule has 0 aliphatic carbocycles. The second-order valence-electron chi connectivity index (χ2n) is 8.70. The first-order chi connectivity index (χ1) is 15.1. The molecule has 2 atom stereocenters. The number of benzene rings is 2. The summed E-state index contributed by atoms with van der Waals surface area (Å²) in [7, 11) is 0. The van der Waals surface area contributed by atoms with Crippen molar-refractivity contribution < 1.29 is 14.3 Å². The molecule has 31 heavy (non-hydrogen) atoms. The molecular formula is C26H34N2O3. The van der Waals surface area contributed by atoms with Crippen LogP contribution < -0.4 is 10.1 Å². The second-order valence-corrected chi connectivity index (χ2v) is 8.70. The maximum absolute atomic E-state index is 13.6. The molecule has 0 bridgehead atoms. The number of hydrogen-bond donors (Lipinski definition) is 1. The molecule has 2 heterocycles. The third-order valence-electron chi connectivity index (χ3n) is 6.40. The number of fused-ring (bicyclic) bond motifs is 1. The zero-order valence-corrected chi connectivity index (χ0v) is 18.7. The van der Waals surface area contributed by atoms with Crippen molar-refractivity contribution in [2.45, 2.75) is 64.1 Å². The van der Waals surface area contributed by atoms with Gasteiger partial charge in [-0.3, -0.25) is 4.79 Å². The number of nitrogens with one attached hydrogen (secondary N) is 1. The minimum atomic E-state index is -0.725. The smallest absolute Gasteiger partial charge is 0.258 e. The third-order valence-corrected chi connectivity index (χ3v) is 6.40. The summed E-state index contributed by atoms with van der Waals surface area (Å²) in [5, 5.41) is 3.66. The fraction of sp³-hybridized carbons (Fsp3) is 0.500. The normalized spacial score (nSPS) is 22.8. The molecular weight excluding hydrogens is 388 g/mol. The van der Waals surface area contributed by atoms with E-state index in [9.17, 15) is 4.79 Å². The molecule has 1 N–H and O–H groups in total. The fourth-order valence-electron chi connectivity index (χ4n) is 4.63. The van der Waals surface area contributed by atoms with Gasteiger partial charge in [0.2, 0.25) is 0 Å².